The van der Waals surface area contributed by atoms with Gasteiger partial charge in [-0.2, -0.15) is 0 Å². The summed E-state index contributed by atoms with van der Waals surface area (Å²) in [5.41, 5.74) is -8.23. The summed E-state index contributed by atoms with van der Waals surface area (Å²) >= 11 is 0. The predicted molar refractivity (Wildman–Crippen MR) is 159 cm³/mol. The minimum Gasteiger partial charge on any atom is -0.456 e. The molecule has 0 atom stereocenters. The van der Waals surface area contributed by atoms with Gasteiger partial charge in [0, 0.05) is 16.8 Å². The minimum atomic E-state index is -1.21. The fourth-order valence-electron chi connectivity index (χ4n) is 3.77. The number of para-hydroxylation sites is 2. The standard InChI is InChI=1S/C36H25NO/c1-4-13-26(14-5-1)28-23-29(27-15-6-2-7-16-27)25-31(24-28)37(30-17-8-3-9-18-30)33-20-12-22-35-36(33)32-19-10-11-21-34(32)38-35/h1-25H/i1D,2D,3D,4D,5D,6D,7D,8D,9D,10D,11D,12D,13D,14D,15D,16D,17D,18D,19D,20D,21D,22D,23D,24D,25D. The summed E-state index contributed by atoms with van der Waals surface area (Å²) in [5.74, 6) is 0. The number of fused-ring (bicyclic) bond motifs is 3. The average Bonchev–Trinajstić information content (AvgIpc) is 3.65. The molecule has 0 N–H and O–H groups in total. The normalized spacial score (nSPS) is 20.4. The number of rotatable bonds is 5. The molecule has 180 valence electrons. The fraction of sp³-hybridized carbons (Fsp3) is 0. The van der Waals surface area contributed by atoms with E-state index >= 15 is 0 Å². The van der Waals surface area contributed by atoms with Crippen LogP contribution in [0, 0.1) is 0 Å². The van der Waals surface area contributed by atoms with Crippen molar-refractivity contribution in [3.05, 3.63) is 151 Å². The first-order valence-corrected chi connectivity index (χ1v) is 10.8. The van der Waals surface area contributed by atoms with E-state index < -0.39 is 212 Å². The quantitative estimate of drug-likeness (QED) is 0.228. The molecule has 1 heterocycles. The Balaban J connectivity index is 1.89. The number of nitrogens with zero attached hydrogens (tertiary/aromatic N) is 1. The molecule has 7 aromatic rings. The van der Waals surface area contributed by atoms with Crippen LogP contribution in [0.1, 0.15) is 34.3 Å². The van der Waals surface area contributed by atoms with Crippen LogP contribution >= 0.6 is 0 Å². The molecular formula is C36H25NO. The molecule has 0 saturated carbocycles. The molecule has 2 nitrogen and oxygen atoms in total. The largest absolute Gasteiger partial charge is 0.456 e. The van der Waals surface area contributed by atoms with E-state index in [9.17, 15) is 5.48 Å². The Morgan fingerprint density at radius 1 is 0.447 bits per heavy atom. The van der Waals surface area contributed by atoms with Crippen LogP contribution in [0.15, 0.2) is 155 Å². The van der Waals surface area contributed by atoms with Gasteiger partial charge in [-0.05, 0) is 70.6 Å². The number of furan rings is 1. The van der Waals surface area contributed by atoms with Crippen molar-refractivity contribution in [1.82, 2.24) is 0 Å². The van der Waals surface area contributed by atoms with Crippen LogP contribution in [0.2, 0.25) is 0 Å². The van der Waals surface area contributed by atoms with E-state index in [2.05, 4.69) is 0 Å². The lowest BCUT2D eigenvalue weighted by Crippen LogP contribution is -2.10. The molecule has 1 aromatic heterocycles. The molecule has 7 rings (SSSR count). The lowest BCUT2D eigenvalue weighted by atomic mass is 9.97. The first kappa shape index (κ1) is 8.21. The van der Waals surface area contributed by atoms with Gasteiger partial charge in [0.25, 0.3) is 0 Å². The van der Waals surface area contributed by atoms with Crippen molar-refractivity contribution in [3.63, 3.8) is 0 Å². The van der Waals surface area contributed by atoms with E-state index in [0.717, 1.165) is 0 Å². The molecule has 0 fully saturated rings. The highest BCUT2D eigenvalue weighted by Gasteiger charge is 2.20. The Kier molecular flexibility index (Phi) is 2.03. The van der Waals surface area contributed by atoms with Gasteiger partial charge >= 0.3 is 0 Å². The SMILES string of the molecule is [2H]c1c([2H])c([2H])c(-c2c([2H])c(-c3c([2H])c([2H])c([2H])c([2H])c3[2H])c([2H])c(N(c3c([2H])c([2H])c([2H])c([2H])c3[2H])c3c([2H])c([2H])c([2H])c4oc5c([2H])c([2H])c([2H])c([2H])c5c34)c2[2H])c([2H])c1[2H]. The molecule has 0 aliphatic rings. The second-order valence-corrected chi connectivity index (χ2v) is 7.52. The molecule has 0 bridgehead atoms. The van der Waals surface area contributed by atoms with Crippen LogP contribution in [0.5, 0.6) is 0 Å². The third-order valence-corrected chi connectivity index (χ3v) is 5.32. The van der Waals surface area contributed by atoms with Crippen molar-refractivity contribution in [2.24, 2.45) is 0 Å². The van der Waals surface area contributed by atoms with Crippen LogP contribution in [0.3, 0.4) is 0 Å². The van der Waals surface area contributed by atoms with Crippen molar-refractivity contribution in [1.29, 1.82) is 0 Å². The average molecular weight is 513 g/mol. The molecule has 0 spiro atoms. The van der Waals surface area contributed by atoms with Crippen LogP contribution in [-0.2, 0) is 0 Å². The van der Waals surface area contributed by atoms with Gasteiger partial charge in [-0.1, -0.05) is 103 Å². The Morgan fingerprint density at radius 2 is 1.00 bits per heavy atom. The number of benzene rings is 6. The molecule has 0 aliphatic carbocycles. The lowest BCUT2D eigenvalue weighted by Gasteiger charge is -2.27. The van der Waals surface area contributed by atoms with Crippen molar-refractivity contribution < 1.29 is 38.7 Å². The highest BCUT2D eigenvalue weighted by molar-refractivity contribution is 6.13. The van der Waals surface area contributed by atoms with Crippen LogP contribution in [-0.4, -0.2) is 0 Å². The van der Waals surface area contributed by atoms with E-state index in [4.69, 9.17) is 33.2 Å². The van der Waals surface area contributed by atoms with Gasteiger partial charge in [0.05, 0.1) is 45.3 Å². The van der Waals surface area contributed by atoms with E-state index in [1.807, 2.05) is 0 Å². The summed E-state index contributed by atoms with van der Waals surface area (Å²) in [4.78, 5) is 0.445. The summed E-state index contributed by atoms with van der Waals surface area (Å²) in [6.45, 7) is 0. The van der Waals surface area contributed by atoms with Gasteiger partial charge in [-0.3, -0.25) is 0 Å². The van der Waals surface area contributed by atoms with E-state index in [0.29, 0.717) is 4.90 Å². The van der Waals surface area contributed by atoms with Gasteiger partial charge in [0.1, 0.15) is 11.2 Å². The topological polar surface area (TPSA) is 16.4 Å². The van der Waals surface area contributed by atoms with Crippen LogP contribution < -0.4 is 4.90 Å². The zero-order valence-corrected chi connectivity index (χ0v) is 18.9. The monoisotopic (exact) mass is 512 g/mol. The highest BCUT2D eigenvalue weighted by atomic mass is 16.3. The van der Waals surface area contributed by atoms with Gasteiger partial charge in [0.2, 0.25) is 0 Å². The highest BCUT2D eigenvalue weighted by Crippen LogP contribution is 2.44. The van der Waals surface area contributed by atoms with E-state index in [-0.39, 0.29) is 0 Å². The summed E-state index contributed by atoms with van der Waals surface area (Å²) in [7, 11) is 0. The molecular weight excluding hydrogens is 462 g/mol. The fourth-order valence-corrected chi connectivity index (χ4v) is 3.77. The second kappa shape index (κ2) is 9.42. The molecule has 0 amide bonds. The Hall–Kier alpha value is -5.08. The molecule has 0 unspecified atom stereocenters. The minimum absolute atomic E-state index is 0.445. The van der Waals surface area contributed by atoms with Gasteiger partial charge in [-0.15, -0.1) is 0 Å². The summed E-state index contributed by atoms with van der Waals surface area (Å²) in [6.07, 6.45) is 0. The molecule has 2 heteroatoms. The third kappa shape index (κ3) is 3.93. The molecule has 38 heavy (non-hydrogen) atoms. The lowest BCUT2D eigenvalue weighted by molar-refractivity contribution is 0.669. The summed E-state index contributed by atoms with van der Waals surface area (Å²) in [5, 5.41) is -1.24. The van der Waals surface area contributed by atoms with Crippen molar-refractivity contribution in [2.75, 3.05) is 4.90 Å². The molecule has 0 aliphatic heterocycles. The van der Waals surface area contributed by atoms with Gasteiger partial charge in [0.15, 0.2) is 0 Å². The van der Waals surface area contributed by atoms with Gasteiger partial charge < -0.3 is 9.32 Å². The van der Waals surface area contributed by atoms with Crippen molar-refractivity contribution in [3.8, 4) is 22.3 Å². The summed E-state index contributed by atoms with van der Waals surface area (Å²) < 4.78 is 225. The first-order chi connectivity index (χ1) is 29.3. The number of hydrogen-bond acceptors (Lipinski definition) is 2. The zero-order chi connectivity index (χ0) is 47.1. The molecule has 6 aromatic carbocycles. The Morgan fingerprint density at radius 3 is 1.66 bits per heavy atom. The maximum absolute atomic E-state index is 9.74. The first-order valence-electron chi connectivity index (χ1n) is 23.3. The Bertz CT molecular complexity index is 3070. The van der Waals surface area contributed by atoms with Crippen LogP contribution in [0.4, 0.5) is 17.1 Å². The van der Waals surface area contributed by atoms with Crippen molar-refractivity contribution >= 4 is 39.0 Å². The van der Waals surface area contributed by atoms with E-state index in [1.165, 1.54) is 0 Å². The second-order valence-electron chi connectivity index (χ2n) is 7.52. The predicted octanol–water partition coefficient (Wildman–Crippen LogP) is 10.4. The van der Waals surface area contributed by atoms with Crippen LogP contribution in [0.25, 0.3) is 44.2 Å². The van der Waals surface area contributed by atoms with Gasteiger partial charge in [-0.25, -0.2) is 0 Å². The van der Waals surface area contributed by atoms with E-state index in [1.54, 1.807) is 0 Å². The smallest absolute Gasteiger partial charge is 0.137 e. The molecule has 0 radical (unpaired) electrons. The Labute approximate surface area is 257 Å². The third-order valence-electron chi connectivity index (χ3n) is 5.32. The maximum Gasteiger partial charge on any atom is 0.137 e. The molecule has 0 saturated heterocycles. The maximum atomic E-state index is 9.74. The van der Waals surface area contributed by atoms with Crippen molar-refractivity contribution in [2.45, 2.75) is 0 Å². The number of anilines is 3. The zero-order valence-electron chi connectivity index (χ0n) is 43.9. The summed E-state index contributed by atoms with van der Waals surface area (Å²) in [6, 6.07) is -25.3. The number of hydrogen-bond donors (Lipinski definition) is 0.